The average Bonchev–Trinajstić information content (AvgIpc) is 2.12. The summed E-state index contributed by atoms with van der Waals surface area (Å²) in [5.41, 5.74) is 0. The van der Waals surface area contributed by atoms with Crippen molar-refractivity contribution in [2.75, 3.05) is 0 Å². The van der Waals surface area contributed by atoms with Crippen LogP contribution in [0.5, 0.6) is 0 Å². The fourth-order valence-corrected chi connectivity index (χ4v) is 0.757. The predicted molar refractivity (Wildman–Crippen MR) is 64.0 cm³/mol. The van der Waals surface area contributed by atoms with E-state index in [1.807, 2.05) is 6.08 Å². The third kappa shape index (κ3) is 24.6. The molecule has 0 radical (unpaired) electrons. The molecule has 0 aromatic heterocycles. The highest BCUT2D eigenvalue weighted by atomic mass is 13.9. The molecule has 0 fully saturated rings. The van der Waals surface area contributed by atoms with Crippen LogP contribution < -0.4 is 0 Å². The molecule has 0 spiro atoms. The Kier molecular flexibility index (Phi) is 16.2. The maximum absolute atomic E-state index is 3.60. The number of hydrogen-bond donors (Lipinski definition) is 0. The van der Waals surface area contributed by atoms with Gasteiger partial charge < -0.3 is 0 Å². The molecule has 0 aliphatic rings. The first-order valence-electron chi connectivity index (χ1n) is 5.41. The van der Waals surface area contributed by atoms with Crippen molar-refractivity contribution in [2.24, 2.45) is 5.92 Å². The molecular weight excluding hydrogens is 156 g/mol. The zero-order valence-corrected chi connectivity index (χ0v) is 9.84. The van der Waals surface area contributed by atoms with Gasteiger partial charge in [-0.1, -0.05) is 51.8 Å². The van der Waals surface area contributed by atoms with Gasteiger partial charge in [0.1, 0.15) is 0 Å². The van der Waals surface area contributed by atoms with Crippen molar-refractivity contribution in [3.05, 3.63) is 24.8 Å². The van der Waals surface area contributed by atoms with E-state index >= 15 is 0 Å². The smallest absolute Gasteiger partial charge is 0.0328 e. The van der Waals surface area contributed by atoms with E-state index in [1.165, 1.54) is 25.7 Å². The molecule has 0 amide bonds. The average molecular weight is 182 g/mol. The van der Waals surface area contributed by atoms with E-state index in [-0.39, 0.29) is 0 Å². The molecule has 0 aliphatic carbocycles. The Balaban J connectivity index is 0. The Bertz CT molecular complexity index is 109. The van der Waals surface area contributed by atoms with Gasteiger partial charge in [0.2, 0.25) is 0 Å². The van der Waals surface area contributed by atoms with Gasteiger partial charge in [0.25, 0.3) is 0 Å². The van der Waals surface area contributed by atoms with Crippen LogP contribution in [0.2, 0.25) is 0 Å². The van der Waals surface area contributed by atoms with Crippen molar-refractivity contribution in [3.8, 4) is 0 Å². The van der Waals surface area contributed by atoms with Gasteiger partial charge in [-0.15, -0.1) is 6.58 Å². The van der Waals surface area contributed by atoms with Gasteiger partial charge >= 0.3 is 0 Å². The second kappa shape index (κ2) is 14.0. The minimum Gasteiger partial charge on any atom is -0.103 e. The number of hydrogen-bond acceptors (Lipinski definition) is 0. The Labute approximate surface area is 84.7 Å². The molecular formula is C13H26. The van der Waals surface area contributed by atoms with E-state index in [1.54, 1.807) is 0 Å². The summed E-state index contributed by atoms with van der Waals surface area (Å²) in [6.45, 7) is 12.3. The van der Waals surface area contributed by atoms with Gasteiger partial charge in [0.15, 0.2) is 0 Å². The first-order valence-corrected chi connectivity index (χ1v) is 5.41. The summed E-state index contributed by atoms with van der Waals surface area (Å²) in [4.78, 5) is 0. The molecule has 0 nitrogen and oxygen atoms in total. The summed E-state index contributed by atoms with van der Waals surface area (Å²) in [5.74, 6) is 0.816. The molecule has 0 aromatic rings. The Hall–Kier alpha value is -0.520. The normalized spacial score (nSPS) is 9.92. The van der Waals surface area contributed by atoms with Crippen LogP contribution >= 0.6 is 0 Å². The van der Waals surface area contributed by atoms with Crippen LogP contribution in [0, 0.1) is 5.92 Å². The Morgan fingerprint density at radius 3 is 2.08 bits per heavy atom. The van der Waals surface area contributed by atoms with Crippen molar-refractivity contribution in [3.63, 3.8) is 0 Å². The number of allylic oxidation sites excluding steroid dienone is 3. The van der Waals surface area contributed by atoms with Crippen molar-refractivity contribution in [1.82, 2.24) is 0 Å². The van der Waals surface area contributed by atoms with E-state index in [0.29, 0.717) is 0 Å². The van der Waals surface area contributed by atoms with Crippen molar-refractivity contribution in [1.29, 1.82) is 0 Å². The van der Waals surface area contributed by atoms with Gasteiger partial charge in [0.05, 0.1) is 0 Å². The molecule has 0 aliphatic heterocycles. The zero-order chi connectivity index (χ0) is 10.5. The molecule has 0 bridgehead atoms. The monoisotopic (exact) mass is 182 g/mol. The molecule has 0 N–H and O–H groups in total. The van der Waals surface area contributed by atoms with Crippen LogP contribution in [0.25, 0.3) is 0 Å². The molecule has 0 heteroatoms. The zero-order valence-electron chi connectivity index (χ0n) is 9.84. The van der Waals surface area contributed by atoms with E-state index in [4.69, 9.17) is 0 Å². The van der Waals surface area contributed by atoms with E-state index in [2.05, 4.69) is 46.4 Å². The van der Waals surface area contributed by atoms with E-state index < -0.39 is 0 Å². The molecule has 0 atom stereocenters. The SMILES string of the molecule is C=CCCCC.CC=CCC(C)C. The minimum absolute atomic E-state index is 0.816. The van der Waals surface area contributed by atoms with Crippen LogP contribution in [-0.4, -0.2) is 0 Å². The quantitative estimate of drug-likeness (QED) is 0.416. The van der Waals surface area contributed by atoms with E-state index in [9.17, 15) is 0 Å². The van der Waals surface area contributed by atoms with Crippen LogP contribution in [-0.2, 0) is 0 Å². The first-order chi connectivity index (χ1) is 6.18. The topological polar surface area (TPSA) is 0 Å². The van der Waals surface area contributed by atoms with Gasteiger partial charge in [0, 0.05) is 0 Å². The lowest BCUT2D eigenvalue weighted by atomic mass is 10.1. The lowest BCUT2D eigenvalue weighted by Gasteiger charge is -1.93. The summed E-state index contributed by atoms with van der Waals surface area (Å²) < 4.78 is 0. The summed E-state index contributed by atoms with van der Waals surface area (Å²) in [5, 5.41) is 0. The summed E-state index contributed by atoms with van der Waals surface area (Å²) >= 11 is 0. The third-order valence-electron chi connectivity index (χ3n) is 1.60. The first kappa shape index (κ1) is 15.0. The molecule has 78 valence electrons. The second-order valence-electron chi connectivity index (χ2n) is 3.63. The molecule has 0 aromatic carbocycles. The highest BCUT2D eigenvalue weighted by molar-refractivity contribution is 4.77. The Morgan fingerprint density at radius 1 is 1.31 bits per heavy atom. The summed E-state index contributed by atoms with van der Waals surface area (Å²) in [7, 11) is 0. The molecule has 0 rings (SSSR count). The molecule has 0 saturated heterocycles. The van der Waals surface area contributed by atoms with Crippen LogP contribution in [0.4, 0.5) is 0 Å². The lowest BCUT2D eigenvalue weighted by molar-refractivity contribution is 0.663. The van der Waals surface area contributed by atoms with Crippen LogP contribution in [0.1, 0.15) is 53.4 Å². The minimum atomic E-state index is 0.816. The van der Waals surface area contributed by atoms with Crippen molar-refractivity contribution >= 4 is 0 Å². The highest BCUT2D eigenvalue weighted by Crippen LogP contribution is 1.98. The van der Waals surface area contributed by atoms with E-state index in [0.717, 1.165) is 5.92 Å². The third-order valence-corrected chi connectivity index (χ3v) is 1.60. The van der Waals surface area contributed by atoms with Crippen molar-refractivity contribution < 1.29 is 0 Å². The largest absolute Gasteiger partial charge is 0.103 e. The second-order valence-corrected chi connectivity index (χ2v) is 3.63. The molecule has 0 unspecified atom stereocenters. The highest BCUT2D eigenvalue weighted by Gasteiger charge is 1.83. The fourth-order valence-electron chi connectivity index (χ4n) is 0.757. The number of unbranched alkanes of at least 4 members (excludes halogenated alkanes) is 2. The predicted octanol–water partition coefficient (Wildman–Crippen LogP) is 4.97. The fraction of sp³-hybridized carbons (Fsp3) is 0.692. The summed E-state index contributed by atoms with van der Waals surface area (Å²) in [6, 6.07) is 0. The van der Waals surface area contributed by atoms with Crippen molar-refractivity contribution in [2.45, 2.75) is 53.4 Å². The van der Waals surface area contributed by atoms with Gasteiger partial charge in [-0.2, -0.15) is 0 Å². The molecule has 13 heavy (non-hydrogen) atoms. The Morgan fingerprint density at radius 2 is 1.92 bits per heavy atom. The molecule has 0 heterocycles. The summed E-state index contributed by atoms with van der Waals surface area (Å²) in [6.07, 6.45) is 11.2. The molecule has 0 saturated carbocycles. The van der Waals surface area contributed by atoms with Gasteiger partial charge in [-0.05, 0) is 25.7 Å². The maximum atomic E-state index is 3.60. The van der Waals surface area contributed by atoms with Crippen LogP contribution in [0.3, 0.4) is 0 Å². The van der Waals surface area contributed by atoms with Gasteiger partial charge in [-0.25, -0.2) is 0 Å². The standard InChI is InChI=1S/C7H14.C6H12/c1-4-5-6-7(2)3;1-3-5-6-4-2/h4-5,7H,6H2,1-3H3;3H,1,4-6H2,2H3. The van der Waals surface area contributed by atoms with Crippen LogP contribution in [0.15, 0.2) is 24.8 Å². The lowest BCUT2D eigenvalue weighted by Crippen LogP contribution is -1.79. The number of rotatable bonds is 5. The maximum Gasteiger partial charge on any atom is -0.0328 e. The van der Waals surface area contributed by atoms with Gasteiger partial charge in [-0.3, -0.25) is 0 Å².